The highest BCUT2D eigenvalue weighted by atomic mass is 16.6. The van der Waals surface area contributed by atoms with Gasteiger partial charge in [-0.3, -0.25) is 0 Å². The fraction of sp³-hybridized carbons (Fsp3) is 0.909. The van der Waals surface area contributed by atoms with Crippen molar-refractivity contribution in [2.75, 3.05) is 6.54 Å². The predicted molar refractivity (Wildman–Crippen MR) is 57.6 cm³/mol. The Morgan fingerprint density at radius 1 is 1.53 bits per heavy atom. The molecule has 0 aromatic carbocycles. The molecule has 0 spiro atoms. The number of rotatable bonds is 3. The zero-order valence-electron chi connectivity index (χ0n) is 9.53. The summed E-state index contributed by atoms with van der Waals surface area (Å²) in [5.74, 6) is 0.397. The number of hydrogen-bond acceptors (Lipinski definition) is 3. The predicted octanol–water partition coefficient (Wildman–Crippen LogP) is 1.67. The van der Waals surface area contributed by atoms with Crippen LogP contribution in [0, 0.1) is 5.92 Å². The van der Waals surface area contributed by atoms with Gasteiger partial charge >= 0.3 is 6.09 Å². The van der Waals surface area contributed by atoms with Crippen molar-refractivity contribution in [3.8, 4) is 0 Å². The van der Waals surface area contributed by atoms with E-state index in [0.717, 1.165) is 25.7 Å². The molecule has 15 heavy (non-hydrogen) atoms. The van der Waals surface area contributed by atoms with Gasteiger partial charge in [0.25, 0.3) is 0 Å². The zero-order valence-corrected chi connectivity index (χ0v) is 9.53. The van der Waals surface area contributed by atoms with E-state index in [-0.39, 0.29) is 18.3 Å². The summed E-state index contributed by atoms with van der Waals surface area (Å²) in [4.78, 5) is 11.2. The second-order valence-electron chi connectivity index (χ2n) is 4.52. The van der Waals surface area contributed by atoms with Crippen LogP contribution in [0.2, 0.25) is 0 Å². The van der Waals surface area contributed by atoms with E-state index in [9.17, 15) is 9.90 Å². The normalized spacial score (nSPS) is 26.4. The van der Waals surface area contributed by atoms with Crippen LogP contribution in [-0.2, 0) is 4.74 Å². The van der Waals surface area contributed by atoms with E-state index in [0.29, 0.717) is 12.5 Å². The van der Waals surface area contributed by atoms with E-state index in [4.69, 9.17) is 4.74 Å². The molecule has 2 N–H and O–H groups in total. The van der Waals surface area contributed by atoms with E-state index in [2.05, 4.69) is 5.32 Å². The first-order valence-electron chi connectivity index (χ1n) is 5.70. The van der Waals surface area contributed by atoms with Crippen molar-refractivity contribution in [2.45, 2.75) is 51.7 Å². The van der Waals surface area contributed by atoms with Gasteiger partial charge in [-0.2, -0.15) is 0 Å². The number of aliphatic hydroxyl groups is 1. The fourth-order valence-corrected chi connectivity index (χ4v) is 1.93. The van der Waals surface area contributed by atoms with Crippen molar-refractivity contribution >= 4 is 6.09 Å². The summed E-state index contributed by atoms with van der Waals surface area (Å²) < 4.78 is 4.96. The molecule has 88 valence electrons. The number of hydrogen-bond donors (Lipinski definition) is 2. The van der Waals surface area contributed by atoms with Crippen LogP contribution in [-0.4, -0.2) is 30.0 Å². The summed E-state index contributed by atoms with van der Waals surface area (Å²) in [5.41, 5.74) is 0. The first-order valence-corrected chi connectivity index (χ1v) is 5.70. The van der Waals surface area contributed by atoms with Crippen molar-refractivity contribution < 1.29 is 14.6 Å². The first-order chi connectivity index (χ1) is 7.08. The van der Waals surface area contributed by atoms with E-state index >= 15 is 0 Å². The van der Waals surface area contributed by atoms with Gasteiger partial charge in [-0.15, -0.1) is 0 Å². The van der Waals surface area contributed by atoms with Gasteiger partial charge in [-0.25, -0.2) is 4.79 Å². The maximum absolute atomic E-state index is 11.2. The van der Waals surface area contributed by atoms with Crippen LogP contribution in [0.15, 0.2) is 0 Å². The lowest BCUT2D eigenvalue weighted by Gasteiger charge is -2.25. The van der Waals surface area contributed by atoms with Gasteiger partial charge in [0.1, 0.15) is 0 Å². The monoisotopic (exact) mass is 215 g/mol. The standard InChI is InChI=1S/C11H21NO3/c1-8(2)15-11(14)12-7-9-4-3-5-10(13)6-9/h8-10,13H,3-7H2,1-2H3,(H,12,14). The zero-order chi connectivity index (χ0) is 11.3. The Labute approximate surface area is 91.0 Å². The third-order valence-corrected chi connectivity index (χ3v) is 2.63. The number of carbonyl (C=O) groups is 1. The van der Waals surface area contributed by atoms with Crippen LogP contribution in [0.3, 0.4) is 0 Å². The highest BCUT2D eigenvalue weighted by molar-refractivity contribution is 5.67. The highest BCUT2D eigenvalue weighted by Gasteiger charge is 2.20. The summed E-state index contributed by atoms with van der Waals surface area (Å²) >= 11 is 0. The maximum Gasteiger partial charge on any atom is 0.407 e. The Balaban J connectivity index is 2.16. The van der Waals surface area contributed by atoms with E-state index in [1.165, 1.54) is 0 Å². The van der Waals surface area contributed by atoms with Crippen LogP contribution < -0.4 is 5.32 Å². The average molecular weight is 215 g/mol. The second kappa shape index (κ2) is 5.95. The van der Waals surface area contributed by atoms with E-state index in [1.807, 2.05) is 13.8 Å². The molecule has 1 saturated carbocycles. The number of alkyl carbamates (subject to hydrolysis) is 1. The Kier molecular flexibility index (Phi) is 4.88. The molecule has 0 aromatic heterocycles. The Morgan fingerprint density at radius 3 is 2.87 bits per heavy atom. The van der Waals surface area contributed by atoms with Crippen molar-refractivity contribution in [3.63, 3.8) is 0 Å². The van der Waals surface area contributed by atoms with Crippen LogP contribution >= 0.6 is 0 Å². The van der Waals surface area contributed by atoms with Gasteiger partial charge in [0.2, 0.25) is 0 Å². The molecule has 4 heteroatoms. The smallest absolute Gasteiger partial charge is 0.407 e. The SMILES string of the molecule is CC(C)OC(=O)NCC1CCCC(O)C1. The van der Waals surface area contributed by atoms with Gasteiger partial charge in [0.15, 0.2) is 0 Å². The summed E-state index contributed by atoms with van der Waals surface area (Å²) in [6.45, 7) is 4.26. The minimum Gasteiger partial charge on any atom is -0.447 e. The molecule has 0 radical (unpaired) electrons. The van der Waals surface area contributed by atoms with Crippen LogP contribution in [0.25, 0.3) is 0 Å². The highest BCUT2D eigenvalue weighted by Crippen LogP contribution is 2.23. The lowest BCUT2D eigenvalue weighted by molar-refractivity contribution is 0.0923. The second-order valence-corrected chi connectivity index (χ2v) is 4.52. The summed E-state index contributed by atoms with van der Waals surface area (Å²) in [7, 11) is 0. The quantitative estimate of drug-likeness (QED) is 0.753. The Bertz CT molecular complexity index is 206. The molecular formula is C11H21NO3. The molecule has 1 amide bonds. The third kappa shape index (κ3) is 5.02. The Hall–Kier alpha value is -0.770. The molecule has 0 saturated heterocycles. The van der Waals surface area contributed by atoms with Gasteiger partial charge in [-0.1, -0.05) is 6.42 Å². The van der Waals surface area contributed by atoms with Crippen molar-refractivity contribution in [1.29, 1.82) is 0 Å². The summed E-state index contributed by atoms with van der Waals surface area (Å²) in [6.07, 6.45) is 3.19. The molecule has 0 aromatic rings. The van der Waals surface area contributed by atoms with Gasteiger partial charge < -0.3 is 15.2 Å². The molecule has 2 atom stereocenters. The van der Waals surface area contributed by atoms with Crippen molar-refractivity contribution in [3.05, 3.63) is 0 Å². The van der Waals surface area contributed by atoms with Gasteiger partial charge in [0.05, 0.1) is 12.2 Å². The maximum atomic E-state index is 11.2. The molecule has 2 unspecified atom stereocenters. The topological polar surface area (TPSA) is 58.6 Å². The number of aliphatic hydroxyl groups excluding tert-OH is 1. The largest absolute Gasteiger partial charge is 0.447 e. The molecular weight excluding hydrogens is 194 g/mol. The minimum atomic E-state index is -0.356. The molecule has 1 aliphatic carbocycles. The molecule has 1 rings (SSSR count). The van der Waals surface area contributed by atoms with Crippen molar-refractivity contribution in [1.82, 2.24) is 5.32 Å². The van der Waals surface area contributed by atoms with Crippen LogP contribution in [0.1, 0.15) is 39.5 Å². The van der Waals surface area contributed by atoms with Gasteiger partial charge in [0, 0.05) is 6.54 Å². The van der Waals surface area contributed by atoms with E-state index < -0.39 is 0 Å². The number of carbonyl (C=O) groups excluding carboxylic acids is 1. The average Bonchev–Trinajstić information content (AvgIpc) is 2.14. The lowest BCUT2D eigenvalue weighted by Crippen LogP contribution is -2.34. The van der Waals surface area contributed by atoms with Crippen LogP contribution in [0.4, 0.5) is 4.79 Å². The molecule has 0 heterocycles. The summed E-state index contributed by atoms with van der Waals surface area (Å²) in [5, 5.41) is 12.2. The van der Waals surface area contributed by atoms with E-state index in [1.54, 1.807) is 0 Å². The molecule has 4 nitrogen and oxygen atoms in total. The van der Waals surface area contributed by atoms with Crippen molar-refractivity contribution in [2.24, 2.45) is 5.92 Å². The minimum absolute atomic E-state index is 0.0815. The number of nitrogens with one attached hydrogen (secondary N) is 1. The van der Waals surface area contributed by atoms with Gasteiger partial charge in [-0.05, 0) is 39.0 Å². The lowest BCUT2D eigenvalue weighted by atomic mass is 9.87. The number of ether oxygens (including phenoxy) is 1. The number of amides is 1. The molecule has 0 bridgehead atoms. The van der Waals surface area contributed by atoms with Crippen LogP contribution in [0.5, 0.6) is 0 Å². The third-order valence-electron chi connectivity index (χ3n) is 2.63. The molecule has 1 aliphatic rings. The molecule has 1 fully saturated rings. The Morgan fingerprint density at radius 2 is 2.27 bits per heavy atom. The molecule has 0 aliphatic heterocycles. The first kappa shape index (κ1) is 12.3. The fourth-order valence-electron chi connectivity index (χ4n) is 1.93. The summed E-state index contributed by atoms with van der Waals surface area (Å²) in [6, 6.07) is 0.